The lowest BCUT2D eigenvalue weighted by Crippen LogP contribution is -2.48. The van der Waals surface area contributed by atoms with E-state index in [1.807, 2.05) is 0 Å². The number of nitrogens with zero attached hydrogens (tertiary/aromatic N) is 1. The van der Waals surface area contributed by atoms with Crippen molar-refractivity contribution < 1.29 is 18.6 Å². The number of aliphatic hydroxyl groups is 1. The van der Waals surface area contributed by atoms with Crippen LogP contribution in [0, 0.1) is 17.0 Å². The highest BCUT2D eigenvalue weighted by molar-refractivity contribution is 5.79. The first kappa shape index (κ1) is 21.0. The average Bonchev–Trinajstić information content (AvgIpc) is 3.33. The molecule has 2 fully saturated rings. The van der Waals surface area contributed by atoms with Crippen LogP contribution in [0.25, 0.3) is 0 Å². The molecule has 1 aliphatic carbocycles. The fourth-order valence-corrected chi connectivity index (χ4v) is 4.63. The SMILES string of the molecule is CN=C(NCC1(CCO)CCOC1)NCC1(c2c(F)cccc2F)CCCC1. The molecule has 1 saturated carbocycles. The van der Waals surface area contributed by atoms with Crippen LogP contribution < -0.4 is 10.6 Å². The Kier molecular flexibility index (Phi) is 6.88. The highest BCUT2D eigenvalue weighted by atomic mass is 19.1. The summed E-state index contributed by atoms with van der Waals surface area (Å²) in [5.74, 6) is -0.347. The van der Waals surface area contributed by atoms with E-state index < -0.39 is 17.0 Å². The summed E-state index contributed by atoms with van der Waals surface area (Å²) in [6.07, 6.45) is 4.97. The number of nitrogens with one attached hydrogen (secondary N) is 2. The van der Waals surface area contributed by atoms with Crippen molar-refractivity contribution in [1.29, 1.82) is 0 Å². The molecule has 1 heterocycles. The van der Waals surface area contributed by atoms with Crippen molar-refractivity contribution in [2.45, 2.75) is 43.9 Å². The topological polar surface area (TPSA) is 65.9 Å². The second-order valence-electron chi connectivity index (χ2n) is 8.14. The third-order valence-electron chi connectivity index (χ3n) is 6.33. The van der Waals surface area contributed by atoms with E-state index in [-0.39, 0.29) is 17.6 Å². The average molecular weight is 395 g/mol. The molecule has 0 aromatic heterocycles. The number of hydrogen-bond acceptors (Lipinski definition) is 3. The van der Waals surface area contributed by atoms with Gasteiger partial charge in [0, 0.05) is 49.7 Å². The van der Waals surface area contributed by atoms with Crippen molar-refractivity contribution in [3.8, 4) is 0 Å². The Morgan fingerprint density at radius 3 is 2.39 bits per heavy atom. The molecule has 2 aliphatic rings. The second-order valence-corrected chi connectivity index (χ2v) is 8.14. The van der Waals surface area contributed by atoms with Gasteiger partial charge in [-0.2, -0.15) is 0 Å². The standard InChI is InChI=1S/C21H31F2N3O2/c1-24-19(25-13-20(9-11-27)10-12-28-15-20)26-14-21(7-2-3-8-21)18-16(22)5-4-6-17(18)23/h4-6,27H,2-3,7-15H2,1H3,(H2,24,25,26). The predicted octanol–water partition coefficient (Wildman–Crippen LogP) is 2.73. The molecule has 1 aromatic rings. The zero-order valence-corrected chi connectivity index (χ0v) is 16.6. The van der Waals surface area contributed by atoms with Gasteiger partial charge < -0.3 is 20.5 Å². The molecule has 28 heavy (non-hydrogen) atoms. The minimum absolute atomic E-state index is 0.102. The monoisotopic (exact) mass is 395 g/mol. The Hall–Kier alpha value is -1.73. The number of rotatable bonds is 7. The number of ether oxygens (including phenoxy) is 1. The van der Waals surface area contributed by atoms with Crippen molar-refractivity contribution in [2.75, 3.05) is 40.0 Å². The van der Waals surface area contributed by atoms with Crippen LogP contribution in [0.2, 0.25) is 0 Å². The summed E-state index contributed by atoms with van der Waals surface area (Å²) in [6.45, 7) is 2.49. The van der Waals surface area contributed by atoms with E-state index in [4.69, 9.17) is 4.74 Å². The molecule has 7 heteroatoms. The number of guanidine groups is 1. The van der Waals surface area contributed by atoms with Crippen LogP contribution in [0.1, 0.15) is 44.1 Å². The zero-order chi connectivity index (χ0) is 20.0. The van der Waals surface area contributed by atoms with Crippen LogP contribution in [0.4, 0.5) is 8.78 Å². The number of aliphatic hydroxyl groups excluding tert-OH is 1. The van der Waals surface area contributed by atoms with Gasteiger partial charge in [0.15, 0.2) is 5.96 Å². The molecular weight excluding hydrogens is 364 g/mol. The minimum atomic E-state index is -0.563. The molecular formula is C21H31F2N3O2. The molecule has 1 aromatic carbocycles. The van der Waals surface area contributed by atoms with Crippen molar-refractivity contribution >= 4 is 5.96 Å². The molecule has 0 radical (unpaired) electrons. The highest BCUT2D eigenvalue weighted by Crippen LogP contribution is 2.42. The highest BCUT2D eigenvalue weighted by Gasteiger charge is 2.40. The third-order valence-corrected chi connectivity index (χ3v) is 6.33. The maximum atomic E-state index is 14.5. The Labute approximate surface area is 165 Å². The van der Waals surface area contributed by atoms with Gasteiger partial charge >= 0.3 is 0 Å². The van der Waals surface area contributed by atoms with E-state index >= 15 is 0 Å². The van der Waals surface area contributed by atoms with E-state index in [2.05, 4.69) is 15.6 Å². The first-order valence-electron chi connectivity index (χ1n) is 10.1. The Morgan fingerprint density at radius 2 is 1.82 bits per heavy atom. The van der Waals surface area contributed by atoms with Crippen molar-refractivity contribution in [1.82, 2.24) is 10.6 Å². The number of aliphatic imine (C=N–C) groups is 1. The van der Waals surface area contributed by atoms with Gasteiger partial charge in [0.25, 0.3) is 0 Å². The van der Waals surface area contributed by atoms with Crippen molar-refractivity contribution in [3.05, 3.63) is 35.4 Å². The van der Waals surface area contributed by atoms with E-state index in [9.17, 15) is 13.9 Å². The fraction of sp³-hybridized carbons (Fsp3) is 0.667. The quantitative estimate of drug-likeness (QED) is 0.491. The summed E-state index contributed by atoms with van der Waals surface area (Å²) < 4.78 is 34.5. The third kappa shape index (κ3) is 4.46. The first-order valence-corrected chi connectivity index (χ1v) is 10.1. The molecule has 3 rings (SSSR count). The molecule has 0 bridgehead atoms. The van der Waals surface area contributed by atoms with E-state index in [0.29, 0.717) is 38.7 Å². The maximum Gasteiger partial charge on any atom is 0.191 e. The maximum absolute atomic E-state index is 14.5. The van der Waals surface area contributed by atoms with Gasteiger partial charge in [-0.3, -0.25) is 4.99 Å². The van der Waals surface area contributed by atoms with Crippen LogP contribution in [0.15, 0.2) is 23.2 Å². The van der Waals surface area contributed by atoms with Crippen molar-refractivity contribution in [3.63, 3.8) is 0 Å². The summed E-state index contributed by atoms with van der Waals surface area (Å²) in [6, 6.07) is 4.09. The molecule has 0 spiro atoms. The predicted molar refractivity (Wildman–Crippen MR) is 105 cm³/mol. The zero-order valence-electron chi connectivity index (χ0n) is 16.6. The molecule has 3 N–H and O–H groups in total. The van der Waals surface area contributed by atoms with Crippen LogP contribution in [0.3, 0.4) is 0 Å². The van der Waals surface area contributed by atoms with Gasteiger partial charge in [0.1, 0.15) is 11.6 Å². The van der Waals surface area contributed by atoms with Crippen LogP contribution >= 0.6 is 0 Å². The van der Waals surface area contributed by atoms with E-state index in [1.165, 1.54) is 18.2 Å². The molecule has 1 saturated heterocycles. The lowest BCUT2D eigenvalue weighted by atomic mass is 9.78. The summed E-state index contributed by atoms with van der Waals surface area (Å²) in [7, 11) is 1.68. The van der Waals surface area contributed by atoms with Gasteiger partial charge in [-0.1, -0.05) is 18.9 Å². The normalized spacial score (nSPS) is 24.5. The lowest BCUT2D eigenvalue weighted by Gasteiger charge is -2.32. The Bertz CT molecular complexity index is 664. The van der Waals surface area contributed by atoms with Gasteiger partial charge in [-0.05, 0) is 37.8 Å². The number of benzene rings is 1. The largest absolute Gasteiger partial charge is 0.396 e. The number of hydrogen-bond donors (Lipinski definition) is 3. The molecule has 0 amide bonds. The molecule has 1 unspecified atom stereocenters. The summed E-state index contributed by atoms with van der Waals surface area (Å²) in [5.41, 5.74) is -0.474. The molecule has 156 valence electrons. The van der Waals surface area contributed by atoms with E-state index in [1.54, 1.807) is 7.05 Å². The Balaban J connectivity index is 1.67. The smallest absolute Gasteiger partial charge is 0.191 e. The summed E-state index contributed by atoms with van der Waals surface area (Å²) in [5, 5.41) is 16.0. The summed E-state index contributed by atoms with van der Waals surface area (Å²) in [4.78, 5) is 4.27. The van der Waals surface area contributed by atoms with Gasteiger partial charge in [0.05, 0.1) is 6.61 Å². The molecule has 5 nitrogen and oxygen atoms in total. The lowest BCUT2D eigenvalue weighted by molar-refractivity contribution is 0.127. The second kappa shape index (κ2) is 9.18. The van der Waals surface area contributed by atoms with Crippen LogP contribution in [0.5, 0.6) is 0 Å². The number of halogens is 2. The summed E-state index contributed by atoms with van der Waals surface area (Å²) >= 11 is 0. The molecule has 1 aliphatic heterocycles. The van der Waals surface area contributed by atoms with Gasteiger partial charge in [0.2, 0.25) is 0 Å². The Morgan fingerprint density at radius 1 is 1.14 bits per heavy atom. The minimum Gasteiger partial charge on any atom is -0.396 e. The first-order chi connectivity index (χ1) is 13.5. The van der Waals surface area contributed by atoms with Crippen molar-refractivity contribution in [2.24, 2.45) is 10.4 Å². The van der Waals surface area contributed by atoms with Gasteiger partial charge in [-0.15, -0.1) is 0 Å². The fourth-order valence-electron chi connectivity index (χ4n) is 4.63. The van der Waals surface area contributed by atoms with E-state index in [0.717, 1.165) is 32.1 Å². The van der Waals surface area contributed by atoms with Crippen LogP contribution in [-0.4, -0.2) is 51.0 Å². The molecule has 1 atom stereocenters. The van der Waals surface area contributed by atoms with Gasteiger partial charge in [-0.25, -0.2) is 8.78 Å². The van der Waals surface area contributed by atoms with Crippen LogP contribution in [-0.2, 0) is 10.2 Å².